The summed E-state index contributed by atoms with van der Waals surface area (Å²) in [6, 6.07) is 7.66. The number of hydrogen-bond donors (Lipinski definition) is 2. The van der Waals surface area contributed by atoms with Crippen LogP contribution in [-0.4, -0.2) is 29.3 Å². The standard InChI is InChI=1S/C12H14BrNO3S/c1-8(12(16)17)6-14-11(15)7-18-10-4-2-3-9(13)5-10/h2-5,8H,6-7H2,1H3,(H,14,15)(H,16,17). The number of thioether (sulfide) groups is 1. The molecule has 1 aromatic carbocycles. The smallest absolute Gasteiger partial charge is 0.308 e. The Kier molecular flexibility index (Phi) is 6.21. The molecule has 0 saturated carbocycles. The largest absolute Gasteiger partial charge is 0.481 e. The van der Waals surface area contributed by atoms with Gasteiger partial charge in [0.2, 0.25) is 5.91 Å². The van der Waals surface area contributed by atoms with Crippen LogP contribution in [0.5, 0.6) is 0 Å². The number of carbonyl (C=O) groups excluding carboxylic acids is 1. The molecule has 0 aliphatic carbocycles. The fourth-order valence-corrected chi connectivity index (χ4v) is 2.45. The van der Waals surface area contributed by atoms with Gasteiger partial charge in [-0.3, -0.25) is 9.59 Å². The van der Waals surface area contributed by atoms with Crippen LogP contribution >= 0.6 is 27.7 Å². The predicted octanol–water partition coefficient (Wildman–Crippen LogP) is 2.38. The van der Waals surface area contributed by atoms with Crippen LogP contribution in [0.3, 0.4) is 0 Å². The molecule has 0 aromatic heterocycles. The van der Waals surface area contributed by atoms with E-state index >= 15 is 0 Å². The first kappa shape index (κ1) is 15.0. The molecule has 0 aliphatic heterocycles. The monoisotopic (exact) mass is 331 g/mol. The third kappa shape index (κ3) is 5.55. The van der Waals surface area contributed by atoms with Crippen LogP contribution in [0.25, 0.3) is 0 Å². The van der Waals surface area contributed by atoms with Crippen LogP contribution in [0.2, 0.25) is 0 Å². The van der Waals surface area contributed by atoms with E-state index in [1.165, 1.54) is 11.8 Å². The van der Waals surface area contributed by atoms with Gasteiger partial charge in [-0.1, -0.05) is 28.9 Å². The number of nitrogens with one attached hydrogen (secondary N) is 1. The molecule has 1 rings (SSSR count). The number of carbonyl (C=O) groups is 2. The molecule has 2 N–H and O–H groups in total. The van der Waals surface area contributed by atoms with Crippen LogP contribution in [-0.2, 0) is 9.59 Å². The van der Waals surface area contributed by atoms with Crippen molar-refractivity contribution >= 4 is 39.6 Å². The van der Waals surface area contributed by atoms with Crippen molar-refractivity contribution in [1.29, 1.82) is 0 Å². The van der Waals surface area contributed by atoms with Gasteiger partial charge in [-0.25, -0.2) is 0 Å². The van der Waals surface area contributed by atoms with Crippen molar-refractivity contribution in [2.24, 2.45) is 5.92 Å². The molecule has 0 heterocycles. The van der Waals surface area contributed by atoms with E-state index in [1.54, 1.807) is 6.92 Å². The molecule has 4 nitrogen and oxygen atoms in total. The SMILES string of the molecule is CC(CNC(=O)CSc1cccc(Br)c1)C(=O)O. The van der Waals surface area contributed by atoms with Gasteiger partial charge in [-0.2, -0.15) is 0 Å². The highest BCUT2D eigenvalue weighted by molar-refractivity contribution is 9.10. The topological polar surface area (TPSA) is 66.4 Å². The molecule has 6 heteroatoms. The molecule has 1 aromatic rings. The minimum absolute atomic E-state index is 0.159. The summed E-state index contributed by atoms with van der Waals surface area (Å²) in [5.74, 6) is -1.35. The first-order valence-corrected chi connectivity index (χ1v) is 7.14. The van der Waals surface area contributed by atoms with Crippen LogP contribution < -0.4 is 5.32 Å². The second kappa shape index (κ2) is 7.43. The average molecular weight is 332 g/mol. The molecule has 1 unspecified atom stereocenters. The van der Waals surface area contributed by atoms with E-state index in [1.807, 2.05) is 24.3 Å². The highest BCUT2D eigenvalue weighted by atomic mass is 79.9. The Labute approximate surface area is 118 Å². The zero-order chi connectivity index (χ0) is 13.5. The summed E-state index contributed by atoms with van der Waals surface area (Å²) in [7, 11) is 0. The Morgan fingerprint density at radius 2 is 2.22 bits per heavy atom. The molecule has 0 radical (unpaired) electrons. The Morgan fingerprint density at radius 3 is 2.83 bits per heavy atom. The number of carboxylic acids is 1. The summed E-state index contributed by atoms with van der Waals surface area (Å²) < 4.78 is 0.965. The van der Waals surface area contributed by atoms with Gasteiger partial charge in [-0.05, 0) is 18.2 Å². The van der Waals surface area contributed by atoms with Crippen molar-refractivity contribution in [3.63, 3.8) is 0 Å². The molecule has 0 bridgehead atoms. The first-order valence-electron chi connectivity index (χ1n) is 5.37. The highest BCUT2D eigenvalue weighted by Gasteiger charge is 2.12. The zero-order valence-electron chi connectivity index (χ0n) is 9.85. The number of aliphatic carboxylic acids is 1. The van der Waals surface area contributed by atoms with Gasteiger partial charge in [0.25, 0.3) is 0 Å². The molecular formula is C12H14BrNO3S. The second-order valence-corrected chi connectivity index (χ2v) is 5.75. The van der Waals surface area contributed by atoms with Crippen molar-refractivity contribution in [2.45, 2.75) is 11.8 Å². The average Bonchev–Trinajstić information content (AvgIpc) is 2.33. The van der Waals surface area contributed by atoms with E-state index < -0.39 is 11.9 Å². The fourth-order valence-electron chi connectivity index (χ4n) is 1.11. The van der Waals surface area contributed by atoms with Gasteiger partial charge in [0.15, 0.2) is 0 Å². The van der Waals surface area contributed by atoms with Crippen LogP contribution in [0.1, 0.15) is 6.92 Å². The Morgan fingerprint density at radius 1 is 1.50 bits per heavy atom. The van der Waals surface area contributed by atoms with Gasteiger partial charge < -0.3 is 10.4 Å². The highest BCUT2D eigenvalue weighted by Crippen LogP contribution is 2.21. The number of amides is 1. The number of halogens is 1. The van der Waals surface area contributed by atoms with E-state index in [4.69, 9.17) is 5.11 Å². The summed E-state index contributed by atoms with van der Waals surface area (Å²) >= 11 is 4.77. The lowest BCUT2D eigenvalue weighted by Crippen LogP contribution is -2.32. The molecule has 1 amide bonds. The van der Waals surface area contributed by atoms with Gasteiger partial charge in [0, 0.05) is 15.9 Å². The van der Waals surface area contributed by atoms with E-state index in [9.17, 15) is 9.59 Å². The molecule has 1 atom stereocenters. The predicted molar refractivity (Wildman–Crippen MR) is 74.7 cm³/mol. The minimum atomic E-state index is -0.907. The molecule has 0 saturated heterocycles. The molecular weight excluding hydrogens is 318 g/mol. The summed E-state index contributed by atoms with van der Waals surface area (Å²) in [5, 5.41) is 11.3. The van der Waals surface area contributed by atoms with Crippen LogP contribution in [0, 0.1) is 5.92 Å². The third-order valence-corrected chi connectivity index (χ3v) is 3.68. The second-order valence-electron chi connectivity index (χ2n) is 3.79. The quantitative estimate of drug-likeness (QED) is 0.785. The van der Waals surface area contributed by atoms with Crippen molar-refractivity contribution < 1.29 is 14.7 Å². The van der Waals surface area contributed by atoms with Gasteiger partial charge >= 0.3 is 5.97 Å². The number of benzene rings is 1. The lowest BCUT2D eigenvalue weighted by Gasteiger charge is -2.08. The fraction of sp³-hybridized carbons (Fsp3) is 0.333. The summed E-state index contributed by atoms with van der Waals surface area (Å²) in [5.41, 5.74) is 0. The van der Waals surface area contributed by atoms with Crippen molar-refractivity contribution in [1.82, 2.24) is 5.32 Å². The molecule has 0 fully saturated rings. The molecule has 0 aliphatic rings. The molecule has 18 heavy (non-hydrogen) atoms. The van der Waals surface area contributed by atoms with Crippen molar-refractivity contribution in [2.75, 3.05) is 12.3 Å². The Hall–Kier alpha value is -1.01. The summed E-state index contributed by atoms with van der Waals surface area (Å²) in [6.07, 6.45) is 0. The van der Waals surface area contributed by atoms with Gasteiger partial charge in [0.1, 0.15) is 0 Å². The van der Waals surface area contributed by atoms with Crippen molar-refractivity contribution in [3.8, 4) is 0 Å². The molecule has 98 valence electrons. The van der Waals surface area contributed by atoms with Crippen LogP contribution in [0.4, 0.5) is 0 Å². The zero-order valence-corrected chi connectivity index (χ0v) is 12.3. The maximum atomic E-state index is 11.5. The number of rotatable bonds is 6. The summed E-state index contributed by atoms with van der Waals surface area (Å²) in [6.45, 7) is 1.72. The Bertz CT molecular complexity index is 439. The maximum absolute atomic E-state index is 11.5. The van der Waals surface area contributed by atoms with E-state index in [-0.39, 0.29) is 18.2 Å². The summed E-state index contributed by atoms with van der Waals surface area (Å²) in [4.78, 5) is 23.1. The van der Waals surface area contributed by atoms with Gasteiger partial charge in [-0.15, -0.1) is 11.8 Å². The van der Waals surface area contributed by atoms with Crippen molar-refractivity contribution in [3.05, 3.63) is 28.7 Å². The number of hydrogen-bond acceptors (Lipinski definition) is 3. The lowest BCUT2D eigenvalue weighted by atomic mass is 10.2. The van der Waals surface area contributed by atoms with E-state index in [0.717, 1.165) is 9.37 Å². The van der Waals surface area contributed by atoms with E-state index in [2.05, 4.69) is 21.2 Å². The van der Waals surface area contributed by atoms with Gasteiger partial charge in [0.05, 0.1) is 11.7 Å². The third-order valence-electron chi connectivity index (χ3n) is 2.19. The Balaban J connectivity index is 2.31. The normalized spacial score (nSPS) is 11.9. The minimum Gasteiger partial charge on any atom is -0.481 e. The molecule has 0 spiro atoms. The van der Waals surface area contributed by atoms with Crippen LogP contribution in [0.15, 0.2) is 33.6 Å². The maximum Gasteiger partial charge on any atom is 0.308 e. The number of carboxylic acid groups (broad SMARTS) is 1. The van der Waals surface area contributed by atoms with E-state index in [0.29, 0.717) is 0 Å². The lowest BCUT2D eigenvalue weighted by molar-refractivity contribution is -0.141. The first-order chi connectivity index (χ1) is 8.49.